The van der Waals surface area contributed by atoms with Gasteiger partial charge >= 0.3 is 5.97 Å². The maximum atomic E-state index is 12.2. The van der Waals surface area contributed by atoms with Crippen molar-refractivity contribution < 1.29 is 14.3 Å². The Morgan fingerprint density at radius 3 is 2.62 bits per heavy atom. The Kier molecular flexibility index (Phi) is 6.40. The van der Waals surface area contributed by atoms with Crippen LogP contribution in [0, 0.1) is 6.92 Å². The molecule has 0 aromatic heterocycles. The lowest BCUT2D eigenvalue weighted by Gasteiger charge is -2.15. The van der Waals surface area contributed by atoms with E-state index in [1.807, 2.05) is 19.1 Å². The van der Waals surface area contributed by atoms with Gasteiger partial charge in [0.15, 0.2) is 6.10 Å². The van der Waals surface area contributed by atoms with E-state index in [2.05, 4.69) is 21.2 Å². The van der Waals surface area contributed by atoms with Crippen LogP contribution in [0.1, 0.15) is 18.1 Å². The van der Waals surface area contributed by atoms with Crippen molar-refractivity contribution in [2.45, 2.75) is 26.4 Å². The van der Waals surface area contributed by atoms with Crippen LogP contribution < -0.4 is 5.32 Å². The fourth-order valence-electron chi connectivity index (χ4n) is 2.05. The van der Waals surface area contributed by atoms with E-state index >= 15 is 0 Å². The average molecular weight is 411 g/mol. The fraction of sp³-hybridized carbons (Fsp3) is 0.222. The number of ether oxygens (including phenoxy) is 1. The first-order valence-corrected chi connectivity index (χ1v) is 8.54. The molecule has 6 heteroatoms. The van der Waals surface area contributed by atoms with Crippen LogP contribution >= 0.6 is 27.5 Å². The molecule has 4 nitrogen and oxygen atoms in total. The molecule has 1 N–H and O–H groups in total. The number of amides is 1. The van der Waals surface area contributed by atoms with E-state index in [0.29, 0.717) is 16.3 Å². The molecule has 0 spiro atoms. The number of benzene rings is 2. The van der Waals surface area contributed by atoms with Gasteiger partial charge in [-0.15, -0.1) is 0 Å². The third-order valence-electron chi connectivity index (χ3n) is 3.35. The Hall–Kier alpha value is -1.85. The van der Waals surface area contributed by atoms with Gasteiger partial charge in [-0.05, 0) is 59.1 Å². The monoisotopic (exact) mass is 409 g/mol. The summed E-state index contributed by atoms with van der Waals surface area (Å²) in [4.78, 5) is 24.1. The van der Waals surface area contributed by atoms with Gasteiger partial charge in [0, 0.05) is 9.50 Å². The van der Waals surface area contributed by atoms with E-state index in [4.69, 9.17) is 16.3 Å². The first-order chi connectivity index (χ1) is 11.4. The number of carbonyl (C=O) groups is 2. The van der Waals surface area contributed by atoms with Gasteiger partial charge in [0.05, 0.1) is 12.1 Å². The average Bonchev–Trinajstić information content (AvgIpc) is 2.52. The summed E-state index contributed by atoms with van der Waals surface area (Å²) in [5.41, 5.74) is 2.36. The lowest BCUT2D eigenvalue weighted by atomic mass is 10.1. The molecule has 0 radical (unpaired) electrons. The normalized spacial score (nSPS) is 11.7. The highest BCUT2D eigenvalue weighted by Crippen LogP contribution is 2.23. The van der Waals surface area contributed by atoms with Crippen LogP contribution in [0.25, 0.3) is 0 Å². The van der Waals surface area contributed by atoms with E-state index in [0.717, 1.165) is 10.0 Å². The summed E-state index contributed by atoms with van der Waals surface area (Å²) in [6.45, 7) is 3.48. The molecule has 2 aromatic carbocycles. The van der Waals surface area contributed by atoms with Gasteiger partial charge in [0.2, 0.25) is 0 Å². The zero-order valence-corrected chi connectivity index (χ0v) is 15.6. The predicted octanol–water partition coefficient (Wildman–Crippen LogP) is 4.52. The van der Waals surface area contributed by atoms with Crippen LogP contribution in [-0.2, 0) is 20.7 Å². The van der Waals surface area contributed by atoms with Crippen molar-refractivity contribution in [2.75, 3.05) is 5.32 Å². The van der Waals surface area contributed by atoms with Gasteiger partial charge in [-0.25, -0.2) is 0 Å². The Balaban J connectivity index is 1.93. The molecule has 0 aliphatic carbocycles. The summed E-state index contributed by atoms with van der Waals surface area (Å²) < 4.78 is 5.95. The van der Waals surface area contributed by atoms with Gasteiger partial charge < -0.3 is 10.1 Å². The van der Waals surface area contributed by atoms with Crippen LogP contribution in [0.15, 0.2) is 46.9 Å². The van der Waals surface area contributed by atoms with E-state index < -0.39 is 18.0 Å². The Morgan fingerprint density at radius 2 is 1.96 bits per heavy atom. The molecule has 2 aromatic rings. The molecular formula is C18H17BrClNO3. The smallest absolute Gasteiger partial charge is 0.311 e. The number of aryl methyl sites for hydroxylation is 1. The molecule has 2 rings (SSSR count). The molecule has 0 saturated heterocycles. The number of hydrogen-bond donors (Lipinski definition) is 1. The van der Waals surface area contributed by atoms with E-state index in [-0.39, 0.29) is 6.42 Å². The third kappa shape index (κ3) is 5.08. The molecule has 24 heavy (non-hydrogen) atoms. The third-order valence-corrected chi connectivity index (χ3v) is 4.38. The summed E-state index contributed by atoms with van der Waals surface area (Å²) in [7, 11) is 0. The Morgan fingerprint density at radius 1 is 1.25 bits per heavy atom. The highest BCUT2D eigenvalue weighted by molar-refractivity contribution is 9.10. The van der Waals surface area contributed by atoms with Gasteiger partial charge in [-0.3, -0.25) is 9.59 Å². The molecule has 0 unspecified atom stereocenters. The quantitative estimate of drug-likeness (QED) is 0.737. The van der Waals surface area contributed by atoms with Gasteiger partial charge in [0.25, 0.3) is 5.91 Å². The zero-order valence-electron chi connectivity index (χ0n) is 13.3. The van der Waals surface area contributed by atoms with E-state index in [1.165, 1.54) is 6.92 Å². The van der Waals surface area contributed by atoms with Crippen LogP contribution in [0.5, 0.6) is 0 Å². The zero-order chi connectivity index (χ0) is 17.7. The number of nitrogens with one attached hydrogen (secondary N) is 1. The lowest BCUT2D eigenvalue weighted by molar-refractivity contribution is -0.152. The first kappa shape index (κ1) is 18.5. The number of hydrogen-bond acceptors (Lipinski definition) is 3. The van der Waals surface area contributed by atoms with Crippen molar-refractivity contribution in [1.82, 2.24) is 0 Å². The van der Waals surface area contributed by atoms with Gasteiger partial charge in [-0.1, -0.05) is 35.9 Å². The van der Waals surface area contributed by atoms with Gasteiger partial charge in [-0.2, -0.15) is 0 Å². The summed E-state index contributed by atoms with van der Waals surface area (Å²) in [5.74, 6) is -0.902. The van der Waals surface area contributed by atoms with Crippen LogP contribution in [-0.4, -0.2) is 18.0 Å². The molecule has 0 aliphatic rings. The summed E-state index contributed by atoms with van der Waals surface area (Å²) in [6.07, 6.45) is -0.890. The predicted molar refractivity (Wildman–Crippen MR) is 98.2 cm³/mol. The largest absolute Gasteiger partial charge is 0.452 e. The second-order valence-corrected chi connectivity index (χ2v) is 6.63. The Bertz CT molecular complexity index is 764. The fourth-order valence-corrected chi connectivity index (χ4v) is 2.84. The number of anilines is 1. The van der Waals surface area contributed by atoms with Crippen LogP contribution in [0.3, 0.4) is 0 Å². The van der Waals surface area contributed by atoms with E-state index in [1.54, 1.807) is 30.3 Å². The first-order valence-electron chi connectivity index (χ1n) is 7.36. The molecule has 0 fully saturated rings. The maximum absolute atomic E-state index is 12.2. The van der Waals surface area contributed by atoms with Gasteiger partial charge in [0.1, 0.15) is 0 Å². The van der Waals surface area contributed by atoms with Crippen LogP contribution in [0.2, 0.25) is 5.02 Å². The van der Waals surface area contributed by atoms with Crippen molar-refractivity contribution >= 4 is 45.1 Å². The second kappa shape index (κ2) is 8.31. The molecule has 0 aliphatic heterocycles. The van der Waals surface area contributed by atoms with E-state index in [9.17, 15) is 9.59 Å². The van der Waals surface area contributed by atoms with Crippen LogP contribution in [0.4, 0.5) is 5.69 Å². The van der Waals surface area contributed by atoms with Crippen molar-refractivity contribution in [2.24, 2.45) is 0 Å². The van der Waals surface area contributed by atoms with Crippen molar-refractivity contribution in [3.63, 3.8) is 0 Å². The SMILES string of the molecule is Cc1ccc(NC(=O)[C@@H](C)OC(=O)Cc2ccccc2Cl)c(Br)c1. The lowest BCUT2D eigenvalue weighted by Crippen LogP contribution is -2.30. The molecular weight excluding hydrogens is 394 g/mol. The number of rotatable bonds is 5. The highest BCUT2D eigenvalue weighted by Gasteiger charge is 2.19. The highest BCUT2D eigenvalue weighted by atomic mass is 79.9. The molecule has 0 heterocycles. The maximum Gasteiger partial charge on any atom is 0.311 e. The second-order valence-electron chi connectivity index (χ2n) is 5.37. The number of carbonyl (C=O) groups excluding carboxylic acids is 2. The van der Waals surface area contributed by atoms with Crippen molar-refractivity contribution in [3.8, 4) is 0 Å². The molecule has 0 saturated carbocycles. The summed E-state index contributed by atoms with van der Waals surface area (Å²) in [6, 6.07) is 12.6. The molecule has 0 bridgehead atoms. The Labute approximate surface area is 154 Å². The van der Waals surface area contributed by atoms with Crippen molar-refractivity contribution in [3.05, 3.63) is 63.1 Å². The summed E-state index contributed by atoms with van der Waals surface area (Å²) in [5, 5.41) is 3.22. The number of esters is 1. The van der Waals surface area contributed by atoms with Crippen molar-refractivity contribution in [1.29, 1.82) is 0 Å². The molecule has 1 atom stereocenters. The molecule has 1 amide bonds. The topological polar surface area (TPSA) is 55.4 Å². The minimum Gasteiger partial charge on any atom is -0.452 e. The minimum atomic E-state index is -0.909. The standard InChI is InChI=1S/C18H17BrClNO3/c1-11-7-8-16(14(19)9-11)21-18(23)12(2)24-17(22)10-13-5-3-4-6-15(13)20/h3-9,12H,10H2,1-2H3,(H,21,23)/t12-/m1/s1. The minimum absolute atomic E-state index is 0.0194. The number of halogens is 2. The summed E-state index contributed by atoms with van der Waals surface area (Å²) >= 11 is 9.40. The molecule has 126 valence electrons.